The second-order valence-electron chi connectivity index (χ2n) is 9.29. The zero-order valence-corrected chi connectivity index (χ0v) is 24.3. The van der Waals surface area contributed by atoms with E-state index < -0.39 is 25.1 Å². The molecule has 2 heterocycles. The van der Waals surface area contributed by atoms with Crippen LogP contribution >= 0.6 is 0 Å². The topological polar surface area (TPSA) is 35.8 Å². The van der Waals surface area contributed by atoms with Gasteiger partial charge in [-0.25, -0.2) is 0 Å². The van der Waals surface area contributed by atoms with E-state index in [1.54, 1.807) is 10.7 Å². The number of nitrogens with zero attached hydrogens (tertiary/aromatic N) is 2. The summed E-state index contributed by atoms with van der Waals surface area (Å²) in [6.07, 6.45) is 14.1. The van der Waals surface area contributed by atoms with Gasteiger partial charge in [0.05, 0.1) is 0 Å². The van der Waals surface area contributed by atoms with Crippen LogP contribution in [-0.4, -0.2) is 48.2 Å². The minimum absolute atomic E-state index is 0.0268. The Labute approximate surface area is 208 Å². The van der Waals surface area contributed by atoms with Gasteiger partial charge in [0.25, 0.3) is 0 Å². The SMILES string of the molecule is CCC[CH2][Sn]([CH2]CCC)([CH2]CCC)[c]1cc(-c2ccc(OCCF)c(OC)c2)c2nccn2c1. The number of halogens is 1. The van der Waals surface area contributed by atoms with E-state index in [1.807, 2.05) is 24.4 Å². The molecule has 0 fully saturated rings. The van der Waals surface area contributed by atoms with Crippen LogP contribution < -0.4 is 13.1 Å². The average molecular weight is 575 g/mol. The zero-order valence-electron chi connectivity index (χ0n) is 21.4. The Morgan fingerprint density at radius 1 is 0.941 bits per heavy atom. The number of ether oxygens (including phenoxy) is 2. The second kappa shape index (κ2) is 13.4. The first-order chi connectivity index (χ1) is 16.6. The molecule has 6 heteroatoms. The third-order valence-electron chi connectivity index (χ3n) is 6.94. The first-order valence-electron chi connectivity index (χ1n) is 13.0. The molecular weight excluding hydrogens is 534 g/mol. The van der Waals surface area contributed by atoms with E-state index in [1.165, 1.54) is 51.8 Å². The Bertz CT molecular complexity index is 1010. The molecule has 2 aromatic heterocycles. The summed E-state index contributed by atoms with van der Waals surface area (Å²) in [4.78, 5) is 4.70. The van der Waals surface area contributed by atoms with Crippen LogP contribution in [0.1, 0.15) is 59.3 Å². The fourth-order valence-corrected chi connectivity index (χ4v) is 20.9. The summed E-state index contributed by atoms with van der Waals surface area (Å²) >= 11 is -2.64. The molecular formula is C28H41FN2O2Sn. The number of methoxy groups -OCH3 is 1. The van der Waals surface area contributed by atoms with E-state index in [0.29, 0.717) is 11.5 Å². The number of hydrogen-bond donors (Lipinski definition) is 0. The number of aromatic nitrogens is 2. The third-order valence-corrected chi connectivity index (χ3v) is 22.4. The summed E-state index contributed by atoms with van der Waals surface area (Å²) in [6.45, 7) is 6.46. The van der Waals surface area contributed by atoms with E-state index in [-0.39, 0.29) is 6.61 Å². The monoisotopic (exact) mass is 576 g/mol. The van der Waals surface area contributed by atoms with Crippen molar-refractivity contribution in [3.8, 4) is 22.6 Å². The van der Waals surface area contributed by atoms with Crippen molar-refractivity contribution in [1.29, 1.82) is 0 Å². The van der Waals surface area contributed by atoms with Gasteiger partial charge in [0.15, 0.2) is 0 Å². The second-order valence-corrected chi connectivity index (χ2v) is 22.5. The molecule has 3 rings (SSSR count). The van der Waals surface area contributed by atoms with Gasteiger partial charge in [0.2, 0.25) is 0 Å². The molecule has 0 spiro atoms. The molecule has 0 N–H and O–H groups in total. The summed E-state index contributed by atoms with van der Waals surface area (Å²) in [6, 6.07) is 8.39. The van der Waals surface area contributed by atoms with Gasteiger partial charge >= 0.3 is 209 Å². The van der Waals surface area contributed by atoms with Crippen molar-refractivity contribution >= 4 is 27.6 Å². The van der Waals surface area contributed by atoms with Crippen molar-refractivity contribution in [3.05, 3.63) is 42.9 Å². The summed E-state index contributed by atoms with van der Waals surface area (Å²) < 4.78 is 31.9. The van der Waals surface area contributed by atoms with Gasteiger partial charge < -0.3 is 0 Å². The van der Waals surface area contributed by atoms with Gasteiger partial charge in [-0.2, -0.15) is 0 Å². The molecule has 34 heavy (non-hydrogen) atoms. The number of pyridine rings is 1. The molecule has 0 amide bonds. The summed E-state index contributed by atoms with van der Waals surface area (Å²) in [5, 5.41) is 0. The van der Waals surface area contributed by atoms with Crippen LogP contribution in [0.25, 0.3) is 16.8 Å². The molecule has 3 aromatic rings. The summed E-state index contributed by atoms with van der Waals surface area (Å²) in [5.41, 5.74) is 3.16. The number of fused-ring (bicyclic) bond motifs is 1. The fourth-order valence-electron chi connectivity index (χ4n) is 4.99. The number of benzene rings is 1. The predicted molar refractivity (Wildman–Crippen MR) is 143 cm³/mol. The first-order valence-corrected chi connectivity index (χ1v) is 20.4. The van der Waals surface area contributed by atoms with E-state index >= 15 is 0 Å². The average Bonchev–Trinajstić information content (AvgIpc) is 3.35. The van der Waals surface area contributed by atoms with Crippen LogP contribution in [0.15, 0.2) is 42.9 Å². The Kier molecular flexibility index (Phi) is 10.5. The number of imidazole rings is 1. The minimum atomic E-state index is -2.64. The van der Waals surface area contributed by atoms with Crippen molar-refractivity contribution in [2.24, 2.45) is 0 Å². The molecule has 0 atom stereocenters. The summed E-state index contributed by atoms with van der Waals surface area (Å²) in [7, 11) is 1.63. The van der Waals surface area contributed by atoms with Gasteiger partial charge in [0.1, 0.15) is 0 Å². The molecule has 186 valence electrons. The van der Waals surface area contributed by atoms with E-state index in [0.717, 1.165) is 16.8 Å². The zero-order chi connectivity index (χ0) is 24.4. The summed E-state index contributed by atoms with van der Waals surface area (Å²) in [5.74, 6) is 1.19. The van der Waals surface area contributed by atoms with Crippen molar-refractivity contribution in [2.45, 2.75) is 72.6 Å². The van der Waals surface area contributed by atoms with Crippen LogP contribution in [0.4, 0.5) is 4.39 Å². The van der Waals surface area contributed by atoms with Crippen LogP contribution in [0.2, 0.25) is 13.3 Å². The molecule has 0 aliphatic heterocycles. The number of alkyl halides is 1. The quantitative estimate of drug-likeness (QED) is 0.177. The molecule has 0 bridgehead atoms. The van der Waals surface area contributed by atoms with Crippen molar-refractivity contribution in [1.82, 2.24) is 9.38 Å². The molecule has 0 saturated heterocycles. The van der Waals surface area contributed by atoms with Crippen molar-refractivity contribution in [3.63, 3.8) is 0 Å². The van der Waals surface area contributed by atoms with Gasteiger partial charge in [-0.05, 0) is 0 Å². The Balaban J connectivity index is 2.14. The Morgan fingerprint density at radius 3 is 2.21 bits per heavy atom. The van der Waals surface area contributed by atoms with Crippen LogP contribution in [-0.2, 0) is 0 Å². The number of unbranched alkanes of at least 4 members (excludes halogenated alkanes) is 3. The maximum atomic E-state index is 12.6. The standard InChI is InChI=1S/C16H14FN2O2.3C4H9.Sn/c1-20-15-11-12(4-5-14(15)21-10-6-17)13-3-2-8-19-9-7-18-16(13)19;3*1-3-4-2;/h3-5,7-9,11H,6,10H2,1H3;3*1,3-4H2,2H3;. The van der Waals surface area contributed by atoms with Gasteiger partial charge in [-0.15, -0.1) is 0 Å². The number of rotatable bonds is 15. The van der Waals surface area contributed by atoms with E-state index in [2.05, 4.69) is 43.6 Å². The molecule has 0 unspecified atom stereocenters. The molecule has 0 aliphatic carbocycles. The molecule has 4 nitrogen and oxygen atoms in total. The van der Waals surface area contributed by atoms with Crippen molar-refractivity contribution < 1.29 is 13.9 Å². The third kappa shape index (κ3) is 6.26. The predicted octanol–water partition coefficient (Wildman–Crippen LogP) is 7.41. The Hall–Kier alpha value is -1.76. The van der Waals surface area contributed by atoms with Gasteiger partial charge in [0, 0.05) is 0 Å². The molecule has 0 radical (unpaired) electrons. The van der Waals surface area contributed by atoms with E-state index in [4.69, 9.17) is 14.5 Å². The fraction of sp³-hybridized carbons (Fsp3) is 0.536. The number of hydrogen-bond acceptors (Lipinski definition) is 3. The first kappa shape index (κ1) is 26.8. The van der Waals surface area contributed by atoms with Crippen molar-refractivity contribution in [2.75, 3.05) is 20.4 Å². The van der Waals surface area contributed by atoms with Crippen LogP contribution in [0, 0.1) is 0 Å². The van der Waals surface area contributed by atoms with Gasteiger partial charge in [-0.3, -0.25) is 0 Å². The van der Waals surface area contributed by atoms with E-state index in [9.17, 15) is 4.39 Å². The normalized spacial score (nSPS) is 11.8. The van der Waals surface area contributed by atoms with Crippen LogP contribution in [0.3, 0.4) is 0 Å². The molecule has 0 aliphatic rings. The molecule has 0 saturated carbocycles. The Morgan fingerprint density at radius 2 is 1.62 bits per heavy atom. The maximum absolute atomic E-state index is 12.6. The van der Waals surface area contributed by atoms with Crippen LogP contribution in [0.5, 0.6) is 11.5 Å². The molecule has 1 aromatic carbocycles. The van der Waals surface area contributed by atoms with Gasteiger partial charge in [-0.1, -0.05) is 0 Å².